The number of amides is 1. The SMILES string of the molecule is C[C@@H](NCC(=O)NCC1CC1)C(=O)O. The van der Waals surface area contributed by atoms with Crippen LogP contribution in [0.5, 0.6) is 0 Å². The van der Waals surface area contributed by atoms with E-state index in [0.29, 0.717) is 5.92 Å². The van der Waals surface area contributed by atoms with Gasteiger partial charge in [-0.05, 0) is 25.7 Å². The summed E-state index contributed by atoms with van der Waals surface area (Å²) < 4.78 is 0. The molecule has 1 saturated carbocycles. The molecule has 1 aliphatic rings. The molecule has 80 valence electrons. The normalized spacial score (nSPS) is 17.5. The van der Waals surface area contributed by atoms with Crippen LogP contribution in [0.3, 0.4) is 0 Å². The van der Waals surface area contributed by atoms with Crippen LogP contribution in [0.15, 0.2) is 0 Å². The van der Waals surface area contributed by atoms with Crippen molar-refractivity contribution in [1.82, 2.24) is 10.6 Å². The minimum Gasteiger partial charge on any atom is -0.480 e. The number of nitrogens with one attached hydrogen (secondary N) is 2. The maximum Gasteiger partial charge on any atom is 0.320 e. The van der Waals surface area contributed by atoms with E-state index in [9.17, 15) is 9.59 Å². The summed E-state index contributed by atoms with van der Waals surface area (Å²) in [6, 6.07) is -0.679. The van der Waals surface area contributed by atoms with Gasteiger partial charge in [-0.1, -0.05) is 0 Å². The third-order valence-electron chi connectivity index (χ3n) is 2.22. The summed E-state index contributed by atoms with van der Waals surface area (Å²) in [5.41, 5.74) is 0. The molecule has 0 spiro atoms. The molecule has 0 aromatic heterocycles. The molecule has 0 aliphatic heterocycles. The van der Waals surface area contributed by atoms with Crippen molar-refractivity contribution in [3.05, 3.63) is 0 Å². The van der Waals surface area contributed by atoms with E-state index in [2.05, 4.69) is 10.6 Å². The van der Waals surface area contributed by atoms with Crippen LogP contribution in [0.2, 0.25) is 0 Å². The van der Waals surface area contributed by atoms with Crippen LogP contribution in [0, 0.1) is 5.92 Å². The lowest BCUT2D eigenvalue weighted by Gasteiger charge is -2.08. The molecular weight excluding hydrogens is 184 g/mol. The molecule has 14 heavy (non-hydrogen) atoms. The van der Waals surface area contributed by atoms with Gasteiger partial charge in [-0.15, -0.1) is 0 Å². The van der Waals surface area contributed by atoms with Crippen LogP contribution in [-0.2, 0) is 9.59 Å². The van der Waals surface area contributed by atoms with Gasteiger partial charge in [0.15, 0.2) is 0 Å². The van der Waals surface area contributed by atoms with Gasteiger partial charge in [0.2, 0.25) is 5.91 Å². The quantitative estimate of drug-likeness (QED) is 0.544. The fourth-order valence-corrected chi connectivity index (χ4v) is 0.976. The van der Waals surface area contributed by atoms with Crippen molar-refractivity contribution < 1.29 is 14.7 Å². The highest BCUT2D eigenvalue weighted by Gasteiger charge is 2.21. The lowest BCUT2D eigenvalue weighted by Crippen LogP contribution is -2.41. The molecule has 0 bridgehead atoms. The van der Waals surface area contributed by atoms with E-state index < -0.39 is 12.0 Å². The maximum absolute atomic E-state index is 11.1. The second kappa shape index (κ2) is 4.95. The topological polar surface area (TPSA) is 78.4 Å². The highest BCUT2D eigenvalue weighted by molar-refractivity contribution is 5.79. The number of carboxylic acid groups (broad SMARTS) is 1. The molecule has 0 heterocycles. The van der Waals surface area contributed by atoms with E-state index in [1.165, 1.54) is 19.8 Å². The molecule has 3 N–H and O–H groups in total. The molecule has 0 radical (unpaired) electrons. The number of hydrogen-bond acceptors (Lipinski definition) is 3. The van der Waals surface area contributed by atoms with Crippen molar-refractivity contribution >= 4 is 11.9 Å². The zero-order valence-corrected chi connectivity index (χ0v) is 8.25. The number of carboxylic acids is 1. The monoisotopic (exact) mass is 200 g/mol. The molecule has 5 nitrogen and oxygen atoms in total. The van der Waals surface area contributed by atoms with Gasteiger partial charge in [-0.2, -0.15) is 0 Å². The summed E-state index contributed by atoms with van der Waals surface area (Å²) in [5.74, 6) is -0.430. The van der Waals surface area contributed by atoms with Crippen LogP contribution >= 0.6 is 0 Å². The van der Waals surface area contributed by atoms with Crippen molar-refractivity contribution in [3.63, 3.8) is 0 Å². The first-order valence-electron chi connectivity index (χ1n) is 4.82. The van der Waals surface area contributed by atoms with Gasteiger partial charge >= 0.3 is 5.97 Å². The van der Waals surface area contributed by atoms with Crippen LogP contribution in [0.25, 0.3) is 0 Å². The fraction of sp³-hybridized carbons (Fsp3) is 0.778. The van der Waals surface area contributed by atoms with E-state index in [0.717, 1.165) is 6.54 Å². The second-order valence-electron chi connectivity index (χ2n) is 3.69. The largest absolute Gasteiger partial charge is 0.480 e. The number of hydrogen-bond donors (Lipinski definition) is 3. The first kappa shape index (κ1) is 11.0. The van der Waals surface area contributed by atoms with Gasteiger partial charge < -0.3 is 10.4 Å². The number of carbonyl (C=O) groups excluding carboxylic acids is 1. The highest BCUT2D eigenvalue weighted by Crippen LogP contribution is 2.27. The first-order valence-corrected chi connectivity index (χ1v) is 4.82. The predicted octanol–water partition coefficient (Wildman–Crippen LogP) is -0.425. The van der Waals surface area contributed by atoms with Crippen LogP contribution < -0.4 is 10.6 Å². The molecule has 0 aromatic rings. The minimum absolute atomic E-state index is 0.0696. The molecule has 0 unspecified atom stereocenters. The Morgan fingerprint density at radius 3 is 2.64 bits per heavy atom. The number of rotatable bonds is 6. The molecule has 1 fully saturated rings. The van der Waals surface area contributed by atoms with Crippen molar-refractivity contribution in [2.45, 2.75) is 25.8 Å². The summed E-state index contributed by atoms with van der Waals surface area (Å²) in [6.07, 6.45) is 2.39. The molecule has 0 aromatic carbocycles. The molecule has 1 atom stereocenters. The summed E-state index contributed by atoms with van der Waals surface area (Å²) in [7, 11) is 0. The zero-order chi connectivity index (χ0) is 10.6. The van der Waals surface area contributed by atoms with Crippen LogP contribution in [0.4, 0.5) is 0 Å². The molecular formula is C9H16N2O3. The first-order chi connectivity index (χ1) is 6.59. The Hall–Kier alpha value is -1.10. The maximum atomic E-state index is 11.1. The van der Waals surface area contributed by atoms with Crippen molar-refractivity contribution in [1.29, 1.82) is 0 Å². The fourth-order valence-electron chi connectivity index (χ4n) is 0.976. The summed E-state index contributed by atoms with van der Waals surface area (Å²) in [6.45, 7) is 2.30. The highest BCUT2D eigenvalue weighted by atomic mass is 16.4. The molecule has 1 aliphatic carbocycles. The Labute approximate surface area is 82.9 Å². The van der Waals surface area contributed by atoms with Crippen LogP contribution in [0.1, 0.15) is 19.8 Å². The Morgan fingerprint density at radius 1 is 1.50 bits per heavy atom. The van der Waals surface area contributed by atoms with Gasteiger partial charge in [-0.25, -0.2) is 0 Å². The standard InChI is InChI=1S/C9H16N2O3/c1-6(9(13)14)10-5-8(12)11-4-7-2-3-7/h6-7,10H,2-5H2,1H3,(H,11,12)(H,13,14)/t6-/m1/s1. The van der Waals surface area contributed by atoms with E-state index in [4.69, 9.17) is 5.11 Å². The lowest BCUT2D eigenvalue weighted by atomic mass is 10.3. The van der Waals surface area contributed by atoms with E-state index >= 15 is 0 Å². The number of aliphatic carboxylic acids is 1. The minimum atomic E-state index is -0.944. The summed E-state index contributed by atoms with van der Waals surface area (Å²) in [5, 5.41) is 13.9. The van der Waals surface area contributed by atoms with Crippen molar-refractivity contribution in [2.24, 2.45) is 5.92 Å². The van der Waals surface area contributed by atoms with Crippen molar-refractivity contribution in [2.75, 3.05) is 13.1 Å². The second-order valence-corrected chi connectivity index (χ2v) is 3.69. The molecule has 1 amide bonds. The predicted molar refractivity (Wildman–Crippen MR) is 50.8 cm³/mol. The van der Waals surface area contributed by atoms with Gasteiger partial charge in [0.25, 0.3) is 0 Å². The van der Waals surface area contributed by atoms with Crippen LogP contribution in [-0.4, -0.2) is 36.1 Å². The Morgan fingerprint density at radius 2 is 2.14 bits per heavy atom. The van der Waals surface area contributed by atoms with E-state index in [1.54, 1.807) is 0 Å². The third-order valence-corrected chi connectivity index (χ3v) is 2.22. The van der Waals surface area contributed by atoms with Gasteiger partial charge in [0.05, 0.1) is 6.54 Å². The Balaban J connectivity index is 2.04. The van der Waals surface area contributed by atoms with E-state index in [-0.39, 0.29) is 12.5 Å². The molecule has 0 saturated heterocycles. The lowest BCUT2D eigenvalue weighted by molar-refractivity contribution is -0.139. The average molecular weight is 200 g/mol. The molecule has 5 heteroatoms. The average Bonchev–Trinajstić information content (AvgIpc) is 2.94. The Kier molecular flexibility index (Phi) is 3.88. The molecule has 1 rings (SSSR count). The summed E-state index contributed by atoms with van der Waals surface area (Å²) in [4.78, 5) is 21.5. The third kappa shape index (κ3) is 4.23. The van der Waals surface area contributed by atoms with Crippen molar-refractivity contribution in [3.8, 4) is 0 Å². The summed E-state index contributed by atoms with van der Waals surface area (Å²) >= 11 is 0. The number of carbonyl (C=O) groups is 2. The van der Waals surface area contributed by atoms with Gasteiger partial charge in [0, 0.05) is 6.54 Å². The zero-order valence-electron chi connectivity index (χ0n) is 8.25. The smallest absolute Gasteiger partial charge is 0.320 e. The Bertz CT molecular complexity index is 226. The van der Waals surface area contributed by atoms with Gasteiger partial charge in [-0.3, -0.25) is 14.9 Å². The van der Waals surface area contributed by atoms with Gasteiger partial charge in [0.1, 0.15) is 6.04 Å². The van der Waals surface area contributed by atoms with E-state index in [1.807, 2.05) is 0 Å².